The fraction of sp³-hybridized carbons (Fsp3) is 0.412. The lowest BCUT2D eigenvalue weighted by atomic mass is 9.92. The summed E-state index contributed by atoms with van der Waals surface area (Å²) in [7, 11) is 0. The van der Waals surface area contributed by atoms with E-state index in [9.17, 15) is 4.79 Å². The summed E-state index contributed by atoms with van der Waals surface area (Å²) >= 11 is 0. The van der Waals surface area contributed by atoms with Crippen LogP contribution in [0.15, 0.2) is 36.4 Å². The molecule has 0 bridgehead atoms. The van der Waals surface area contributed by atoms with E-state index in [2.05, 4.69) is 31.0 Å². The lowest BCUT2D eigenvalue weighted by molar-refractivity contribution is 0.0746. The van der Waals surface area contributed by atoms with Crippen molar-refractivity contribution in [3.63, 3.8) is 0 Å². The molecule has 1 heterocycles. The molecule has 0 aliphatic heterocycles. The summed E-state index contributed by atoms with van der Waals surface area (Å²) in [4.78, 5) is 14.4. The van der Waals surface area contributed by atoms with Gasteiger partial charge >= 0.3 is 0 Å². The van der Waals surface area contributed by atoms with Gasteiger partial charge in [0.1, 0.15) is 5.69 Å². The number of amides is 1. The average molecular weight is 285 g/mol. The molecule has 1 amide bonds. The van der Waals surface area contributed by atoms with Gasteiger partial charge in [-0.2, -0.15) is 5.10 Å². The van der Waals surface area contributed by atoms with Crippen LogP contribution in [0.5, 0.6) is 0 Å². The molecule has 0 spiro atoms. The quantitative estimate of drug-likeness (QED) is 0.936. The van der Waals surface area contributed by atoms with E-state index in [1.807, 2.05) is 43.3 Å². The van der Waals surface area contributed by atoms with Crippen molar-refractivity contribution < 1.29 is 4.79 Å². The highest BCUT2D eigenvalue weighted by Gasteiger charge is 2.22. The smallest absolute Gasteiger partial charge is 0.274 e. The van der Waals surface area contributed by atoms with Crippen LogP contribution in [-0.2, 0) is 12.0 Å². The number of hydrogen-bond donors (Lipinski definition) is 1. The van der Waals surface area contributed by atoms with Gasteiger partial charge in [-0.15, -0.1) is 0 Å². The van der Waals surface area contributed by atoms with Gasteiger partial charge in [0.2, 0.25) is 0 Å². The molecule has 0 fully saturated rings. The normalized spacial score (nSPS) is 11.4. The summed E-state index contributed by atoms with van der Waals surface area (Å²) in [6.45, 7) is 9.53. The topological polar surface area (TPSA) is 49.0 Å². The summed E-state index contributed by atoms with van der Waals surface area (Å²) in [5.41, 5.74) is 2.54. The van der Waals surface area contributed by atoms with Crippen LogP contribution in [0.3, 0.4) is 0 Å². The highest BCUT2D eigenvalue weighted by atomic mass is 16.2. The summed E-state index contributed by atoms with van der Waals surface area (Å²) in [6.07, 6.45) is 0. The lowest BCUT2D eigenvalue weighted by Gasteiger charge is -2.20. The average Bonchev–Trinajstić information content (AvgIpc) is 2.95. The Kier molecular flexibility index (Phi) is 4.46. The maximum atomic E-state index is 12.6. The Hall–Kier alpha value is -2.10. The van der Waals surface area contributed by atoms with Crippen LogP contribution in [0, 0.1) is 0 Å². The number of aromatic nitrogens is 2. The van der Waals surface area contributed by atoms with Crippen molar-refractivity contribution in [2.45, 2.75) is 39.7 Å². The number of hydrogen-bond acceptors (Lipinski definition) is 2. The summed E-state index contributed by atoms with van der Waals surface area (Å²) < 4.78 is 0. The molecule has 1 aromatic heterocycles. The van der Waals surface area contributed by atoms with Crippen LogP contribution in [0.2, 0.25) is 0 Å². The minimum absolute atomic E-state index is 0.0342. The van der Waals surface area contributed by atoms with Gasteiger partial charge in [-0.25, -0.2) is 0 Å². The number of aromatic amines is 1. The first kappa shape index (κ1) is 15.3. The fourth-order valence-electron chi connectivity index (χ4n) is 2.11. The number of nitrogens with zero attached hydrogens (tertiary/aromatic N) is 2. The molecule has 0 aliphatic carbocycles. The van der Waals surface area contributed by atoms with Crippen LogP contribution in [0.25, 0.3) is 0 Å². The predicted octanol–water partition coefficient (Wildman–Crippen LogP) is 3.37. The molecule has 112 valence electrons. The predicted molar refractivity (Wildman–Crippen MR) is 84.1 cm³/mol. The zero-order valence-electron chi connectivity index (χ0n) is 13.2. The van der Waals surface area contributed by atoms with E-state index in [4.69, 9.17) is 0 Å². The Bertz CT molecular complexity index is 596. The standard InChI is InChI=1S/C17H23N3O/c1-5-20(12-13-9-7-6-8-10-13)16(21)14-11-15(19-18-14)17(2,3)4/h6-11H,5,12H2,1-4H3,(H,18,19). The minimum Gasteiger partial charge on any atom is -0.333 e. The first-order valence-corrected chi connectivity index (χ1v) is 7.31. The molecule has 4 heteroatoms. The van der Waals surface area contributed by atoms with Crippen LogP contribution >= 0.6 is 0 Å². The van der Waals surface area contributed by atoms with Gasteiger partial charge in [0.25, 0.3) is 5.91 Å². The van der Waals surface area contributed by atoms with Crippen molar-refractivity contribution in [1.29, 1.82) is 0 Å². The zero-order valence-corrected chi connectivity index (χ0v) is 13.2. The van der Waals surface area contributed by atoms with Crippen molar-refractivity contribution in [2.24, 2.45) is 0 Å². The molecular formula is C17H23N3O. The van der Waals surface area contributed by atoms with E-state index in [-0.39, 0.29) is 11.3 Å². The van der Waals surface area contributed by atoms with Crippen molar-refractivity contribution in [3.8, 4) is 0 Å². The number of carbonyl (C=O) groups is 1. The number of nitrogens with one attached hydrogen (secondary N) is 1. The summed E-state index contributed by atoms with van der Waals surface area (Å²) in [5, 5.41) is 7.15. The van der Waals surface area contributed by atoms with Crippen LogP contribution in [-0.4, -0.2) is 27.5 Å². The lowest BCUT2D eigenvalue weighted by Crippen LogP contribution is -2.30. The second-order valence-electron chi connectivity index (χ2n) is 6.22. The van der Waals surface area contributed by atoms with Crippen molar-refractivity contribution in [2.75, 3.05) is 6.54 Å². The van der Waals surface area contributed by atoms with E-state index in [0.717, 1.165) is 11.3 Å². The highest BCUT2D eigenvalue weighted by molar-refractivity contribution is 5.92. The Morgan fingerprint density at radius 1 is 1.24 bits per heavy atom. The third kappa shape index (κ3) is 3.72. The molecular weight excluding hydrogens is 262 g/mol. The van der Waals surface area contributed by atoms with Crippen molar-refractivity contribution in [3.05, 3.63) is 53.3 Å². The largest absolute Gasteiger partial charge is 0.333 e. The van der Waals surface area contributed by atoms with Crippen LogP contribution in [0.1, 0.15) is 49.4 Å². The molecule has 0 unspecified atom stereocenters. The summed E-state index contributed by atoms with van der Waals surface area (Å²) in [5.74, 6) is -0.0342. The molecule has 0 aliphatic rings. The van der Waals surface area contributed by atoms with Gasteiger partial charge in [0, 0.05) is 24.2 Å². The molecule has 1 N–H and O–H groups in total. The Morgan fingerprint density at radius 2 is 1.90 bits per heavy atom. The van der Waals surface area contributed by atoms with Crippen LogP contribution < -0.4 is 0 Å². The second kappa shape index (κ2) is 6.12. The minimum atomic E-state index is -0.0397. The number of benzene rings is 1. The van der Waals surface area contributed by atoms with E-state index >= 15 is 0 Å². The Balaban J connectivity index is 2.15. The highest BCUT2D eigenvalue weighted by Crippen LogP contribution is 2.21. The maximum Gasteiger partial charge on any atom is 0.274 e. The molecule has 4 nitrogen and oxygen atoms in total. The molecule has 0 atom stereocenters. The summed E-state index contributed by atoms with van der Waals surface area (Å²) in [6, 6.07) is 11.9. The molecule has 0 radical (unpaired) electrons. The number of rotatable bonds is 4. The van der Waals surface area contributed by atoms with Gasteiger partial charge in [0.05, 0.1) is 0 Å². The SMILES string of the molecule is CCN(Cc1ccccc1)C(=O)c1cc(C(C)(C)C)[nH]n1. The molecule has 2 rings (SSSR count). The van der Waals surface area contributed by atoms with Crippen molar-refractivity contribution >= 4 is 5.91 Å². The molecule has 2 aromatic rings. The zero-order chi connectivity index (χ0) is 15.5. The Morgan fingerprint density at radius 3 is 2.43 bits per heavy atom. The number of H-pyrrole nitrogens is 1. The van der Waals surface area contributed by atoms with Gasteiger partial charge < -0.3 is 4.90 Å². The third-order valence-electron chi connectivity index (χ3n) is 3.49. The van der Waals surface area contributed by atoms with Crippen LogP contribution in [0.4, 0.5) is 0 Å². The van der Waals surface area contributed by atoms with E-state index in [1.165, 1.54) is 0 Å². The fourth-order valence-corrected chi connectivity index (χ4v) is 2.11. The van der Waals surface area contributed by atoms with E-state index < -0.39 is 0 Å². The van der Waals surface area contributed by atoms with Gasteiger partial charge in [0.15, 0.2) is 0 Å². The third-order valence-corrected chi connectivity index (χ3v) is 3.49. The second-order valence-corrected chi connectivity index (χ2v) is 6.22. The first-order chi connectivity index (χ1) is 9.91. The molecule has 0 saturated carbocycles. The van der Waals surface area contributed by atoms with E-state index in [1.54, 1.807) is 4.90 Å². The molecule has 1 aromatic carbocycles. The van der Waals surface area contributed by atoms with E-state index in [0.29, 0.717) is 18.8 Å². The maximum absolute atomic E-state index is 12.6. The van der Waals surface area contributed by atoms with Gasteiger partial charge in [-0.1, -0.05) is 51.1 Å². The molecule has 21 heavy (non-hydrogen) atoms. The molecule has 0 saturated heterocycles. The Labute approximate surface area is 126 Å². The van der Waals surface area contributed by atoms with Gasteiger partial charge in [-0.3, -0.25) is 9.89 Å². The van der Waals surface area contributed by atoms with Gasteiger partial charge in [-0.05, 0) is 18.6 Å². The van der Waals surface area contributed by atoms with Crippen molar-refractivity contribution in [1.82, 2.24) is 15.1 Å². The monoisotopic (exact) mass is 285 g/mol. The first-order valence-electron chi connectivity index (χ1n) is 7.31. The number of carbonyl (C=O) groups excluding carboxylic acids is 1.